The largest absolute Gasteiger partial charge is 0.480 e. The molecule has 0 spiro atoms. The van der Waals surface area contributed by atoms with Gasteiger partial charge in [0.15, 0.2) is 0 Å². The molecule has 0 heterocycles. The maximum Gasteiger partial charge on any atom is 0.322 e. The molecule has 1 rings (SSSR count). The summed E-state index contributed by atoms with van der Waals surface area (Å²) in [6.07, 6.45) is 1.76. The van der Waals surface area contributed by atoms with Crippen LogP contribution in [-0.4, -0.2) is 47.4 Å². The van der Waals surface area contributed by atoms with Gasteiger partial charge in [0.25, 0.3) is 5.91 Å². The van der Waals surface area contributed by atoms with Crippen molar-refractivity contribution in [2.24, 2.45) is 11.7 Å². The number of nitrogens with one attached hydrogen (secondary N) is 3. The van der Waals surface area contributed by atoms with Gasteiger partial charge in [0.1, 0.15) is 18.3 Å². The van der Waals surface area contributed by atoms with E-state index >= 15 is 0 Å². The highest BCUT2D eigenvalue weighted by Crippen LogP contribution is 2.09. The number of aliphatic carboxylic acids is 1. The topological polar surface area (TPSA) is 151 Å². The van der Waals surface area contributed by atoms with Gasteiger partial charge in [0.2, 0.25) is 11.8 Å². The fraction of sp³-hybridized carbons (Fsp3) is 0.400. The van der Waals surface area contributed by atoms with Crippen molar-refractivity contribution < 1.29 is 24.3 Å². The summed E-state index contributed by atoms with van der Waals surface area (Å²) in [5, 5.41) is 16.1. The van der Waals surface area contributed by atoms with E-state index in [0.717, 1.165) is 0 Å². The summed E-state index contributed by atoms with van der Waals surface area (Å²) in [6, 6.07) is 7.05. The van der Waals surface area contributed by atoms with Gasteiger partial charge in [-0.1, -0.05) is 44.2 Å². The van der Waals surface area contributed by atoms with Gasteiger partial charge in [-0.25, -0.2) is 0 Å². The maximum absolute atomic E-state index is 12.8. The summed E-state index contributed by atoms with van der Waals surface area (Å²) >= 11 is 0. The Morgan fingerprint density at radius 3 is 2.21 bits per heavy atom. The molecule has 0 aliphatic carbocycles. The molecule has 0 fully saturated rings. The Morgan fingerprint density at radius 1 is 1.07 bits per heavy atom. The first-order valence-corrected chi connectivity index (χ1v) is 9.23. The third-order valence-electron chi connectivity index (χ3n) is 3.77. The molecule has 0 saturated heterocycles. The highest BCUT2D eigenvalue weighted by Gasteiger charge is 2.25. The van der Waals surface area contributed by atoms with Crippen LogP contribution in [0.15, 0.2) is 36.0 Å². The van der Waals surface area contributed by atoms with Crippen LogP contribution in [0, 0.1) is 5.92 Å². The lowest BCUT2D eigenvalue weighted by atomic mass is 10.0. The predicted molar refractivity (Wildman–Crippen MR) is 108 cm³/mol. The molecular weight excluding hydrogens is 376 g/mol. The van der Waals surface area contributed by atoms with Crippen LogP contribution in [0.1, 0.15) is 32.8 Å². The molecule has 3 amide bonds. The number of hydrogen-bond acceptors (Lipinski definition) is 5. The molecule has 0 saturated carbocycles. The van der Waals surface area contributed by atoms with Crippen molar-refractivity contribution in [2.45, 2.75) is 39.3 Å². The molecule has 1 aromatic rings. The number of rotatable bonds is 10. The number of carbonyl (C=O) groups is 4. The van der Waals surface area contributed by atoms with Gasteiger partial charge in [0, 0.05) is 0 Å². The molecule has 6 N–H and O–H groups in total. The molecule has 0 radical (unpaired) electrons. The van der Waals surface area contributed by atoms with Crippen molar-refractivity contribution >= 4 is 29.8 Å². The Hall–Kier alpha value is -3.20. The summed E-state index contributed by atoms with van der Waals surface area (Å²) in [5.74, 6) is -2.98. The van der Waals surface area contributed by atoms with Crippen LogP contribution in [0.5, 0.6) is 0 Å². The normalized spacial score (nSPS) is 13.3. The minimum atomic E-state index is -1.22. The Balaban J connectivity index is 3.08. The zero-order valence-corrected chi connectivity index (χ0v) is 16.8. The van der Waals surface area contributed by atoms with E-state index in [0.29, 0.717) is 12.0 Å². The number of amides is 3. The van der Waals surface area contributed by atoms with Crippen molar-refractivity contribution in [1.29, 1.82) is 0 Å². The van der Waals surface area contributed by atoms with Gasteiger partial charge in [-0.3, -0.25) is 19.2 Å². The zero-order chi connectivity index (χ0) is 22.0. The quantitative estimate of drug-likeness (QED) is 0.352. The minimum Gasteiger partial charge on any atom is -0.480 e. The van der Waals surface area contributed by atoms with E-state index in [2.05, 4.69) is 16.0 Å². The van der Waals surface area contributed by atoms with Gasteiger partial charge in [0.05, 0.1) is 6.04 Å². The van der Waals surface area contributed by atoms with Gasteiger partial charge in [-0.05, 0) is 30.9 Å². The molecule has 9 nitrogen and oxygen atoms in total. The van der Waals surface area contributed by atoms with E-state index in [1.165, 1.54) is 13.0 Å². The second-order valence-corrected chi connectivity index (χ2v) is 7.01. The van der Waals surface area contributed by atoms with E-state index < -0.39 is 42.3 Å². The SMILES string of the molecule is CC(C)C[C@@H](NC(=O)[C@H](C)N)C(=O)NC(=Cc1ccccc1)C(=O)NCC(=O)O. The van der Waals surface area contributed by atoms with Crippen molar-refractivity contribution in [3.63, 3.8) is 0 Å². The van der Waals surface area contributed by atoms with Crippen LogP contribution in [0.2, 0.25) is 0 Å². The zero-order valence-electron chi connectivity index (χ0n) is 16.8. The van der Waals surface area contributed by atoms with E-state index in [1.807, 2.05) is 13.8 Å². The fourth-order valence-electron chi connectivity index (χ4n) is 2.35. The average Bonchev–Trinajstić information content (AvgIpc) is 2.65. The summed E-state index contributed by atoms with van der Waals surface area (Å²) in [7, 11) is 0. The third kappa shape index (κ3) is 9.02. The molecule has 0 bridgehead atoms. The summed E-state index contributed by atoms with van der Waals surface area (Å²) in [5.41, 5.74) is 6.06. The van der Waals surface area contributed by atoms with Gasteiger partial charge >= 0.3 is 5.97 Å². The molecule has 0 unspecified atom stereocenters. The van der Waals surface area contributed by atoms with E-state index in [-0.39, 0.29) is 11.6 Å². The summed E-state index contributed by atoms with van der Waals surface area (Å²) < 4.78 is 0. The molecule has 0 aliphatic rings. The Morgan fingerprint density at radius 2 is 1.69 bits per heavy atom. The van der Waals surface area contributed by atoms with Crippen molar-refractivity contribution in [2.75, 3.05) is 6.54 Å². The van der Waals surface area contributed by atoms with Gasteiger partial charge in [-0.2, -0.15) is 0 Å². The van der Waals surface area contributed by atoms with Crippen LogP contribution in [0.4, 0.5) is 0 Å². The van der Waals surface area contributed by atoms with E-state index in [4.69, 9.17) is 10.8 Å². The Kier molecular flexibility index (Phi) is 9.54. The van der Waals surface area contributed by atoms with Crippen LogP contribution in [-0.2, 0) is 19.2 Å². The Bertz CT molecular complexity index is 759. The highest BCUT2D eigenvalue weighted by molar-refractivity contribution is 6.03. The first-order valence-electron chi connectivity index (χ1n) is 9.23. The van der Waals surface area contributed by atoms with Crippen LogP contribution in [0.3, 0.4) is 0 Å². The molecule has 0 aliphatic heterocycles. The van der Waals surface area contributed by atoms with Crippen LogP contribution < -0.4 is 21.7 Å². The molecule has 9 heteroatoms. The van der Waals surface area contributed by atoms with Crippen molar-refractivity contribution in [1.82, 2.24) is 16.0 Å². The fourth-order valence-corrected chi connectivity index (χ4v) is 2.35. The second-order valence-electron chi connectivity index (χ2n) is 7.01. The number of carboxylic acid groups (broad SMARTS) is 1. The van der Waals surface area contributed by atoms with E-state index in [9.17, 15) is 19.2 Å². The molecular formula is C20H28N4O5. The highest BCUT2D eigenvalue weighted by atomic mass is 16.4. The lowest BCUT2D eigenvalue weighted by Crippen LogP contribution is -2.52. The standard InChI is InChI=1S/C20H28N4O5/c1-12(2)9-15(23-18(27)13(3)21)20(29)24-16(19(28)22-11-17(25)26)10-14-7-5-4-6-8-14/h4-8,10,12-13,15H,9,11,21H2,1-3H3,(H,22,28)(H,23,27)(H,24,29)(H,25,26)/t13-,15+/m0/s1. The van der Waals surface area contributed by atoms with Crippen molar-refractivity contribution in [3.8, 4) is 0 Å². The molecule has 1 aromatic carbocycles. The van der Waals surface area contributed by atoms with Crippen LogP contribution >= 0.6 is 0 Å². The first kappa shape index (κ1) is 23.8. The second kappa shape index (κ2) is 11.6. The summed E-state index contributed by atoms with van der Waals surface area (Å²) in [4.78, 5) is 47.9. The molecule has 29 heavy (non-hydrogen) atoms. The van der Waals surface area contributed by atoms with E-state index in [1.54, 1.807) is 30.3 Å². The number of nitrogens with two attached hydrogens (primary N) is 1. The number of hydrogen-bond donors (Lipinski definition) is 5. The first-order chi connectivity index (χ1) is 13.6. The lowest BCUT2D eigenvalue weighted by molar-refractivity contribution is -0.137. The lowest BCUT2D eigenvalue weighted by Gasteiger charge is -2.22. The monoisotopic (exact) mass is 404 g/mol. The minimum absolute atomic E-state index is 0.0847. The molecule has 2 atom stereocenters. The number of carboxylic acids is 1. The average molecular weight is 404 g/mol. The van der Waals surface area contributed by atoms with Crippen LogP contribution in [0.25, 0.3) is 6.08 Å². The maximum atomic E-state index is 12.8. The van der Waals surface area contributed by atoms with Gasteiger partial charge in [-0.15, -0.1) is 0 Å². The molecule has 158 valence electrons. The number of benzene rings is 1. The predicted octanol–water partition coefficient (Wildman–Crippen LogP) is 0.223. The Labute approximate surface area is 169 Å². The number of carbonyl (C=O) groups excluding carboxylic acids is 3. The third-order valence-corrected chi connectivity index (χ3v) is 3.77. The van der Waals surface area contributed by atoms with Gasteiger partial charge < -0.3 is 26.8 Å². The molecule has 0 aromatic heterocycles. The summed E-state index contributed by atoms with van der Waals surface area (Å²) in [6.45, 7) is 4.68. The van der Waals surface area contributed by atoms with Crippen molar-refractivity contribution in [3.05, 3.63) is 41.6 Å². The smallest absolute Gasteiger partial charge is 0.322 e.